The molecule has 24 heavy (non-hydrogen) atoms. The fourth-order valence-electron chi connectivity index (χ4n) is 3.68. The van der Waals surface area contributed by atoms with Gasteiger partial charge in [0.25, 0.3) is 0 Å². The predicted octanol–water partition coefficient (Wildman–Crippen LogP) is 3.75. The number of aromatic nitrogens is 2. The van der Waals surface area contributed by atoms with E-state index >= 15 is 0 Å². The Morgan fingerprint density at radius 1 is 1.17 bits per heavy atom. The van der Waals surface area contributed by atoms with Crippen molar-refractivity contribution in [3.8, 4) is 0 Å². The molecule has 0 bridgehead atoms. The Labute approximate surface area is 141 Å². The number of fused-ring (bicyclic) bond motifs is 2. The molecule has 122 valence electrons. The molecule has 2 aromatic carbocycles. The number of para-hydroxylation sites is 3. The third-order valence-electron chi connectivity index (χ3n) is 4.88. The van der Waals surface area contributed by atoms with E-state index in [1.54, 1.807) is 0 Å². The Bertz CT molecular complexity index is 912. The maximum atomic E-state index is 13.2. The van der Waals surface area contributed by atoms with Crippen molar-refractivity contribution >= 4 is 22.6 Å². The van der Waals surface area contributed by atoms with Crippen molar-refractivity contribution in [3.05, 3.63) is 59.9 Å². The first-order valence-corrected chi connectivity index (χ1v) is 8.56. The summed E-state index contributed by atoms with van der Waals surface area (Å²) >= 11 is 0. The van der Waals surface area contributed by atoms with Crippen molar-refractivity contribution in [2.24, 2.45) is 0 Å². The van der Waals surface area contributed by atoms with Crippen molar-refractivity contribution < 1.29 is 4.79 Å². The lowest BCUT2D eigenvalue weighted by atomic mass is 10.2. The highest BCUT2D eigenvalue weighted by atomic mass is 16.2. The highest BCUT2D eigenvalue weighted by Crippen LogP contribution is 2.31. The molecule has 4 nitrogen and oxygen atoms in total. The average molecular weight is 319 g/mol. The molecule has 0 aliphatic carbocycles. The molecule has 0 radical (unpaired) electrons. The molecule has 0 saturated heterocycles. The molecule has 0 saturated carbocycles. The highest BCUT2D eigenvalue weighted by Gasteiger charge is 2.30. The quantitative estimate of drug-likeness (QED) is 0.737. The van der Waals surface area contributed by atoms with E-state index in [0.717, 1.165) is 41.9 Å². The van der Waals surface area contributed by atoms with Crippen LogP contribution in [-0.4, -0.2) is 22.0 Å². The van der Waals surface area contributed by atoms with Gasteiger partial charge in [-0.15, -0.1) is 0 Å². The summed E-state index contributed by atoms with van der Waals surface area (Å²) in [5.74, 6) is 1.10. The summed E-state index contributed by atoms with van der Waals surface area (Å²) < 4.78 is 2.10. The molecular weight excluding hydrogens is 298 g/mol. The van der Waals surface area contributed by atoms with E-state index in [1.165, 1.54) is 5.56 Å². The summed E-state index contributed by atoms with van der Waals surface area (Å²) in [5, 5.41) is 0. The van der Waals surface area contributed by atoms with Gasteiger partial charge in [-0.25, -0.2) is 4.98 Å². The zero-order valence-electron chi connectivity index (χ0n) is 14.1. The molecule has 3 aromatic rings. The van der Waals surface area contributed by atoms with Gasteiger partial charge in [0.2, 0.25) is 5.91 Å². The summed E-state index contributed by atoms with van der Waals surface area (Å²) in [7, 11) is 0. The molecule has 4 rings (SSSR count). The Morgan fingerprint density at radius 3 is 2.75 bits per heavy atom. The van der Waals surface area contributed by atoms with Crippen LogP contribution in [0.5, 0.6) is 0 Å². The van der Waals surface area contributed by atoms with Gasteiger partial charge < -0.3 is 9.47 Å². The third kappa shape index (κ3) is 2.21. The minimum atomic E-state index is -0.265. The fourth-order valence-corrected chi connectivity index (χ4v) is 3.68. The van der Waals surface area contributed by atoms with Gasteiger partial charge in [0, 0.05) is 18.7 Å². The number of hydrogen-bond acceptors (Lipinski definition) is 2. The lowest BCUT2D eigenvalue weighted by Gasteiger charge is -2.24. The van der Waals surface area contributed by atoms with Crippen LogP contribution in [0.2, 0.25) is 0 Å². The molecule has 1 aliphatic rings. The van der Waals surface area contributed by atoms with Gasteiger partial charge in [0.05, 0.1) is 11.0 Å². The van der Waals surface area contributed by atoms with E-state index < -0.39 is 0 Å². The van der Waals surface area contributed by atoms with Gasteiger partial charge in [0.15, 0.2) is 0 Å². The van der Waals surface area contributed by atoms with Crippen LogP contribution in [0.15, 0.2) is 48.5 Å². The van der Waals surface area contributed by atoms with Crippen LogP contribution in [0.1, 0.15) is 31.3 Å². The molecule has 2 heterocycles. The van der Waals surface area contributed by atoms with Crippen molar-refractivity contribution in [3.63, 3.8) is 0 Å². The Balaban J connectivity index is 1.74. The zero-order valence-corrected chi connectivity index (χ0v) is 14.1. The molecule has 0 spiro atoms. The SMILES string of the molecule is CCc1nc2ccccc2n1C(C)C(=O)N1CCc2ccccc21. The number of aryl methyl sites for hydroxylation is 1. The van der Waals surface area contributed by atoms with Gasteiger partial charge in [-0.1, -0.05) is 37.3 Å². The Kier molecular flexibility index (Phi) is 3.60. The molecule has 1 aromatic heterocycles. The van der Waals surface area contributed by atoms with Crippen molar-refractivity contribution in [2.45, 2.75) is 32.7 Å². The van der Waals surface area contributed by atoms with E-state index in [2.05, 4.69) is 17.6 Å². The summed E-state index contributed by atoms with van der Waals surface area (Å²) in [6.45, 7) is 4.83. The minimum absolute atomic E-state index is 0.137. The van der Waals surface area contributed by atoms with Gasteiger partial charge >= 0.3 is 0 Å². The van der Waals surface area contributed by atoms with E-state index in [0.29, 0.717) is 0 Å². The number of imidazole rings is 1. The molecule has 1 atom stereocenters. The number of anilines is 1. The topological polar surface area (TPSA) is 38.1 Å². The normalized spacial score (nSPS) is 14.8. The monoisotopic (exact) mass is 319 g/mol. The van der Waals surface area contributed by atoms with Crippen LogP contribution in [0.3, 0.4) is 0 Å². The van der Waals surface area contributed by atoms with Gasteiger partial charge in [-0.3, -0.25) is 4.79 Å². The van der Waals surface area contributed by atoms with E-state index in [4.69, 9.17) is 4.98 Å². The van der Waals surface area contributed by atoms with E-state index in [1.807, 2.05) is 54.3 Å². The molecule has 0 fully saturated rings. The number of carbonyl (C=O) groups is 1. The zero-order chi connectivity index (χ0) is 16.7. The Hall–Kier alpha value is -2.62. The number of rotatable bonds is 3. The number of carbonyl (C=O) groups excluding carboxylic acids is 1. The molecule has 1 aliphatic heterocycles. The van der Waals surface area contributed by atoms with Crippen LogP contribution in [0.4, 0.5) is 5.69 Å². The second kappa shape index (κ2) is 5.78. The van der Waals surface area contributed by atoms with Crippen LogP contribution >= 0.6 is 0 Å². The second-order valence-corrected chi connectivity index (χ2v) is 6.28. The highest BCUT2D eigenvalue weighted by molar-refractivity contribution is 5.98. The second-order valence-electron chi connectivity index (χ2n) is 6.28. The maximum Gasteiger partial charge on any atom is 0.249 e. The van der Waals surface area contributed by atoms with Gasteiger partial charge in [-0.05, 0) is 37.1 Å². The first-order valence-electron chi connectivity index (χ1n) is 8.56. The van der Waals surface area contributed by atoms with Crippen molar-refractivity contribution in [2.75, 3.05) is 11.4 Å². The number of amides is 1. The van der Waals surface area contributed by atoms with E-state index in [-0.39, 0.29) is 11.9 Å². The van der Waals surface area contributed by atoms with Crippen LogP contribution in [0, 0.1) is 0 Å². The summed E-state index contributed by atoms with van der Waals surface area (Å²) in [6, 6.07) is 16.0. The van der Waals surface area contributed by atoms with Gasteiger partial charge in [0.1, 0.15) is 11.9 Å². The number of hydrogen-bond donors (Lipinski definition) is 0. The summed E-state index contributed by atoms with van der Waals surface area (Å²) in [4.78, 5) is 19.8. The molecule has 0 N–H and O–H groups in total. The van der Waals surface area contributed by atoms with Crippen LogP contribution < -0.4 is 4.90 Å². The lowest BCUT2D eigenvalue weighted by Crippen LogP contribution is -2.35. The fraction of sp³-hybridized carbons (Fsp3) is 0.300. The number of benzene rings is 2. The summed E-state index contributed by atoms with van der Waals surface area (Å²) in [6.07, 6.45) is 1.74. The van der Waals surface area contributed by atoms with E-state index in [9.17, 15) is 4.79 Å². The first-order chi connectivity index (χ1) is 11.7. The minimum Gasteiger partial charge on any atom is -0.316 e. The average Bonchev–Trinajstić information content (AvgIpc) is 3.21. The first kappa shape index (κ1) is 14.9. The maximum absolute atomic E-state index is 13.2. The molecule has 4 heteroatoms. The summed E-state index contributed by atoms with van der Waals surface area (Å²) in [5.41, 5.74) is 4.29. The van der Waals surface area contributed by atoms with Crippen molar-refractivity contribution in [1.29, 1.82) is 0 Å². The number of nitrogens with zero attached hydrogens (tertiary/aromatic N) is 3. The van der Waals surface area contributed by atoms with Crippen LogP contribution in [0.25, 0.3) is 11.0 Å². The third-order valence-corrected chi connectivity index (χ3v) is 4.88. The van der Waals surface area contributed by atoms with Crippen LogP contribution in [-0.2, 0) is 17.6 Å². The standard InChI is InChI=1S/C20H21N3O/c1-3-19-21-16-9-5-7-11-18(16)23(19)14(2)20(24)22-13-12-15-8-4-6-10-17(15)22/h4-11,14H,3,12-13H2,1-2H3. The predicted molar refractivity (Wildman–Crippen MR) is 96.3 cm³/mol. The molecule has 1 amide bonds. The smallest absolute Gasteiger partial charge is 0.249 e. The van der Waals surface area contributed by atoms with Gasteiger partial charge in [-0.2, -0.15) is 0 Å². The lowest BCUT2D eigenvalue weighted by molar-refractivity contribution is -0.121. The molecular formula is C20H21N3O. The molecule has 1 unspecified atom stereocenters. The largest absolute Gasteiger partial charge is 0.316 e. The van der Waals surface area contributed by atoms with Crippen molar-refractivity contribution in [1.82, 2.24) is 9.55 Å². The Morgan fingerprint density at radius 2 is 1.92 bits per heavy atom.